The first kappa shape index (κ1) is 17.5. The van der Waals surface area contributed by atoms with Crippen molar-refractivity contribution in [3.05, 3.63) is 46.7 Å². The van der Waals surface area contributed by atoms with Gasteiger partial charge in [-0.15, -0.1) is 0 Å². The second-order valence-electron chi connectivity index (χ2n) is 6.56. The van der Waals surface area contributed by atoms with Gasteiger partial charge in [0.25, 0.3) is 5.91 Å². The normalized spacial score (nSPS) is 20.0. The van der Waals surface area contributed by atoms with Crippen molar-refractivity contribution in [3.8, 4) is 5.69 Å². The lowest BCUT2D eigenvalue weighted by Crippen LogP contribution is -2.35. The maximum absolute atomic E-state index is 12.9. The molecule has 2 heterocycles. The Morgan fingerprint density at radius 3 is 2.68 bits per heavy atom. The van der Waals surface area contributed by atoms with E-state index in [9.17, 15) is 14.7 Å². The van der Waals surface area contributed by atoms with E-state index in [1.54, 1.807) is 28.8 Å². The number of hydrogen-bond acceptors (Lipinski definition) is 3. The summed E-state index contributed by atoms with van der Waals surface area (Å²) in [5, 5.41) is 14.3. The molecule has 7 heteroatoms. The van der Waals surface area contributed by atoms with Crippen molar-refractivity contribution in [2.45, 2.75) is 26.7 Å². The summed E-state index contributed by atoms with van der Waals surface area (Å²) < 4.78 is 1.68. The summed E-state index contributed by atoms with van der Waals surface area (Å²) in [5.41, 5.74) is 1.09. The van der Waals surface area contributed by atoms with Gasteiger partial charge in [-0.25, -0.2) is 4.68 Å². The molecule has 1 aromatic heterocycles. The van der Waals surface area contributed by atoms with E-state index in [0.29, 0.717) is 30.0 Å². The zero-order valence-corrected chi connectivity index (χ0v) is 15.0. The molecule has 1 aliphatic rings. The lowest BCUT2D eigenvalue weighted by Gasteiger charge is -2.20. The number of aromatic nitrogens is 2. The van der Waals surface area contributed by atoms with E-state index in [1.807, 2.05) is 25.1 Å². The number of benzene rings is 1. The molecule has 1 amide bonds. The Hall–Kier alpha value is -2.34. The van der Waals surface area contributed by atoms with Gasteiger partial charge in [-0.1, -0.05) is 30.7 Å². The Kier molecular flexibility index (Phi) is 4.56. The van der Waals surface area contributed by atoms with E-state index >= 15 is 0 Å². The molecule has 2 aromatic rings. The highest BCUT2D eigenvalue weighted by Gasteiger charge is 2.42. The predicted octanol–water partition coefficient (Wildman–Crippen LogP) is 3.02. The zero-order chi connectivity index (χ0) is 18.2. The quantitative estimate of drug-likeness (QED) is 0.908. The van der Waals surface area contributed by atoms with Gasteiger partial charge in [0, 0.05) is 13.1 Å². The highest BCUT2D eigenvalue weighted by atomic mass is 35.5. The highest BCUT2D eigenvalue weighted by Crippen LogP contribution is 2.32. The third-order valence-electron chi connectivity index (χ3n) is 4.79. The van der Waals surface area contributed by atoms with Crippen molar-refractivity contribution in [3.63, 3.8) is 0 Å². The van der Waals surface area contributed by atoms with Crippen molar-refractivity contribution in [2.75, 3.05) is 13.1 Å². The van der Waals surface area contributed by atoms with Crippen LogP contribution in [-0.4, -0.2) is 44.8 Å². The highest BCUT2D eigenvalue weighted by molar-refractivity contribution is 6.32. The van der Waals surface area contributed by atoms with E-state index in [1.165, 1.54) is 0 Å². The maximum Gasteiger partial charge on any atom is 0.311 e. The van der Waals surface area contributed by atoms with Gasteiger partial charge in [0.05, 0.1) is 33.6 Å². The molecule has 1 N–H and O–H groups in total. The third-order valence-corrected chi connectivity index (χ3v) is 5.11. The van der Waals surface area contributed by atoms with Gasteiger partial charge in [-0.2, -0.15) is 5.10 Å². The van der Waals surface area contributed by atoms with Gasteiger partial charge in [-0.3, -0.25) is 9.59 Å². The molecule has 132 valence electrons. The van der Waals surface area contributed by atoms with Gasteiger partial charge < -0.3 is 10.0 Å². The molecule has 0 radical (unpaired) electrons. The molecule has 0 spiro atoms. The minimum atomic E-state index is -0.888. The molecular formula is C18H20ClN3O3. The van der Waals surface area contributed by atoms with Crippen LogP contribution in [0.2, 0.25) is 5.02 Å². The molecule has 0 bridgehead atoms. The topological polar surface area (TPSA) is 75.4 Å². The van der Waals surface area contributed by atoms with Crippen LogP contribution in [0.4, 0.5) is 0 Å². The van der Waals surface area contributed by atoms with Crippen molar-refractivity contribution in [1.29, 1.82) is 0 Å². The van der Waals surface area contributed by atoms with Gasteiger partial charge in [-0.05, 0) is 31.9 Å². The SMILES string of the molecule is CCc1c(C(=O)N2CCC(C)(C(=O)O)C2)cnn1-c1ccccc1Cl. The van der Waals surface area contributed by atoms with Crippen LogP contribution >= 0.6 is 11.6 Å². The summed E-state index contributed by atoms with van der Waals surface area (Å²) in [4.78, 5) is 25.9. The fraction of sp³-hybridized carbons (Fsp3) is 0.389. The summed E-state index contributed by atoms with van der Waals surface area (Å²) in [6.45, 7) is 4.27. The lowest BCUT2D eigenvalue weighted by atomic mass is 9.90. The second kappa shape index (κ2) is 6.52. The second-order valence-corrected chi connectivity index (χ2v) is 6.97. The Labute approximate surface area is 151 Å². The predicted molar refractivity (Wildman–Crippen MR) is 94.2 cm³/mol. The number of likely N-dealkylation sites (tertiary alicyclic amines) is 1. The fourth-order valence-corrected chi connectivity index (χ4v) is 3.42. The first-order chi connectivity index (χ1) is 11.9. The van der Waals surface area contributed by atoms with Gasteiger partial charge in [0.1, 0.15) is 0 Å². The molecule has 1 aromatic carbocycles. The first-order valence-corrected chi connectivity index (χ1v) is 8.59. The summed E-state index contributed by atoms with van der Waals surface area (Å²) in [6.07, 6.45) is 2.60. The standard InChI is InChI=1S/C18H20ClN3O3/c1-3-14-12(10-20-22(14)15-7-5-4-6-13(15)19)16(23)21-9-8-18(2,11-21)17(24)25/h4-7,10H,3,8-9,11H2,1-2H3,(H,24,25). The molecule has 1 unspecified atom stereocenters. The average molecular weight is 362 g/mol. The number of carbonyl (C=O) groups is 2. The Morgan fingerprint density at radius 2 is 2.08 bits per heavy atom. The van der Waals surface area contributed by atoms with Crippen LogP contribution in [-0.2, 0) is 11.2 Å². The summed E-state index contributed by atoms with van der Waals surface area (Å²) >= 11 is 6.25. The molecule has 1 aliphatic heterocycles. The minimum Gasteiger partial charge on any atom is -0.481 e. The van der Waals surface area contributed by atoms with Crippen molar-refractivity contribution >= 4 is 23.5 Å². The number of carboxylic acids is 1. The van der Waals surface area contributed by atoms with Crippen LogP contribution in [0.5, 0.6) is 0 Å². The van der Waals surface area contributed by atoms with E-state index in [-0.39, 0.29) is 12.5 Å². The zero-order valence-electron chi connectivity index (χ0n) is 14.2. The summed E-state index contributed by atoms with van der Waals surface area (Å²) in [6, 6.07) is 7.32. The minimum absolute atomic E-state index is 0.180. The number of para-hydroxylation sites is 1. The summed E-state index contributed by atoms with van der Waals surface area (Å²) in [7, 11) is 0. The van der Waals surface area contributed by atoms with Crippen LogP contribution in [0, 0.1) is 5.41 Å². The molecular weight excluding hydrogens is 342 g/mol. The lowest BCUT2D eigenvalue weighted by molar-refractivity contribution is -0.147. The number of hydrogen-bond donors (Lipinski definition) is 1. The van der Waals surface area contributed by atoms with E-state index in [4.69, 9.17) is 11.6 Å². The Bertz CT molecular complexity index is 833. The molecule has 0 saturated carbocycles. The molecule has 1 atom stereocenters. The van der Waals surface area contributed by atoms with Gasteiger partial charge in [0.2, 0.25) is 0 Å². The van der Waals surface area contributed by atoms with Crippen molar-refractivity contribution < 1.29 is 14.7 Å². The molecule has 6 nitrogen and oxygen atoms in total. The van der Waals surface area contributed by atoms with Crippen LogP contribution in [0.1, 0.15) is 36.3 Å². The number of rotatable bonds is 4. The molecule has 3 rings (SSSR count). The Morgan fingerprint density at radius 1 is 1.36 bits per heavy atom. The number of aliphatic carboxylic acids is 1. The monoisotopic (exact) mass is 361 g/mol. The largest absolute Gasteiger partial charge is 0.481 e. The maximum atomic E-state index is 12.9. The average Bonchev–Trinajstić information content (AvgIpc) is 3.19. The van der Waals surface area contributed by atoms with Crippen molar-refractivity contribution in [1.82, 2.24) is 14.7 Å². The molecule has 25 heavy (non-hydrogen) atoms. The summed E-state index contributed by atoms with van der Waals surface area (Å²) in [5.74, 6) is -1.05. The smallest absolute Gasteiger partial charge is 0.311 e. The number of nitrogens with zero attached hydrogens (tertiary/aromatic N) is 3. The van der Waals surface area contributed by atoms with E-state index in [2.05, 4.69) is 5.10 Å². The van der Waals surface area contributed by atoms with Gasteiger partial charge in [0.15, 0.2) is 0 Å². The molecule has 1 saturated heterocycles. The number of amides is 1. The number of halogens is 1. The van der Waals surface area contributed by atoms with Crippen LogP contribution in [0.15, 0.2) is 30.5 Å². The van der Waals surface area contributed by atoms with E-state index in [0.717, 1.165) is 11.4 Å². The van der Waals surface area contributed by atoms with Crippen LogP contribution < -0.4 is 0 Å². The first-order valence-electron chi connectivity index (χ1n) is 8.22. The molecule has 0 aliphatic carbocycles. The van der Waals surface area contributed by atoms with Gasteiger partial charge >= 0.3 is 5.97 Å². The van der Waals surface area contributed by atoms with Crippen LogP contribution in [0.3, 0.4) is 0 Å². The van der Waals surface area contributed by atoms with E-state index < -0.39 is 11.4 Å². The molecule has 1 fully saturated rings. The number of carbonyl (C=O) groups excluding carboxylic acids is 1. The van der Waals surface area contributed by atoms with Crippen LogP contribution in [0.25, 0.3) is 5.69 Å². The number of carboxylic acid groups (broad SMARTS) is 1. The Balaban J connectivity index is 1.93. The third kappa shape index (κ3) is 3.02. The van der Waals surface area contributed by atoms with Crippen molar-refractivity contribution in [2.24, 2.45) is 5.41 Å². The fourth-order valence-electron chi connectivity index (χ4n) is 3.20.